The summed E-state index contributed by atoms with van der Waals surface area (Å²) in [4.78, 5) is 2.76. The van der Waals surface area contributed by atoms with E-state index in [1.54, 1.807) is 0 Å². The Bertz CT molecular complexity index is 403. The first-order valence-electron chi connectivity index (χ1n) is 8.39. The van der Waals surface area contributed by atoms with Crippen LogP contribution in [0, 0.1) is 0 Å². The summed E-state index contributed by atoms with van der Waals surface area (Å²) in [6.45, 7) is 6.01. The predicted octanol–water partition coefficient (Wildman–Crippen LogP) is 3.40. The Morgan fingerprint density at radius 3 is 2.80 bits per heavy atom. The van der Waals surface area contributed by atoms with Gasteiger partial charge in [-0.2, -0.15) is 0 Å². The summed E-state index contributed by atoms with van der Waals surface area (Å²) >= 11 is 0. The van der Waals surface area contributed by atoms with E-state index in [0.717, 1.165) is 18.0 Å². The Balaban J connectivity index is 1.51. The molecule has 3 atom stereocenters. The van der Waals surface area contributed by atoms with Crippen molar-refractivity contribution in [3.8, 4) is 0 Å². The van der Waals surface area contributed by atoms with Gasteiger partial charge in [-0.15, -0.1) is 0 Å². The fourth-order valence-corrected chi connectivity index (χ4v) is 3.94. The maximum atomic E-state index is 3.70. The maximum Gasteiger partial charge on any atom is 0.0111 e. The monoisotopic (exact) mass is 272 g/mol. The normalized spacial score (nSPS) is 30.9. The van der Waals surface area contributed by atoms with Crippen molar-refractivity contribution in [1.82, 2.24) is 10.2 Å². The van der Waals surface area contributed by atoms with E-state index in [2.05, 4.69) is 47.5 Å². The highest BCUT2D eigenvalue weighted by Crippen LogP contribution is 2.33. The zero-order valence-electron chi connectivity index (χ0n) is 12.7. The molecule has 3 unspecified atom stereocenters. The van der Waals surface area contributed by atoms with Crippen LogP contribution in [-0.4, -0.2) is 36.6 Å². The van der Waals surface area contributed by atoms with Crippen LogP contribution in [0.25, 0.3) is 0 Å². The molecule has 1 aromatic rings. The summed E-state index contributed by atoms with van der Waals surface area (Å²) < 4.78 is 0. The minimum absolute atomic E-state index is 0.763. The number of benzene rings is 1. The van der Waals surface area contributed by atoms with Crippen molar-refractivity contribution in [1.29, 1.82) is 0 Å². The van der Waals surface area contributed by atoms with Crippen LogP contribution in [0.5, 0.6) is 0 Å². The van der Waals surface area contributed by atoms with Crippen LogP contribution in [-0.2, 0) is 0 Å². The topological polar surface area (TPSA) is 15.3 Å². The molecule has 1 aliphatic heterocycles. The first-order valence-corrected chi connectivity index (χ1v) is 8.39. The summed E-state index contributed by atoms with van der Waals surface area (Å²) in [7, 11) is 0. The smallest absolute Gasteiger partial charge is 0.0111 e. The summed E-state index contributed by atoms with van der Waals surface area (Å²) in [6.07, 6.45) is 6.72. The molecule has 3 rings (SSSR count). The Hall–Kier alpha value is -0.860. The highest BCUT2D eigenvalue weighted by Gasteiger charge is 2.33. The molecular formula is C18H28N2. The van der Waals surface area contributed by atoms with Gasteiger partial charge in [-0.1, -0.05) is 37.3 Å². The Labute approximate surface area is 123 Å². The molecule has 110 valence electrons. The molecular weight excluding hydrogens is 244 g/mol. The Kier molecular flexibility index (Phi) is 4.74. The molecule has 0 spiro atoms. The summed E-state index contributed by atoms with van der Waals surface area (Å²) in [5.74, 6) is 0.763. The van der Waals surface area contributed by atoms with Gasteiger partial charge >= 0.3 is 0 Å². The van der Waals surface area contributed by atoms with Crippen molar-refractivity contribution < 1.29 is 0 Å². The number of likely N-dealkylation sites (tertiary alicyclic amines) is 1. The van der Waals surface area contributed by atoms with Crippen LogP contribution in [0.3, 0.4) is 0 Å². The standard InChI is InChI=1S/C18H28N2/c1-2-11-19-17-8-9-18(13-17)20-12-10-16(14-20)15-6-4-3-5-7-15/h3-7,16-19H,2,8-14H2,1H3. The molecule has 2 heteroatoms. The number of hydrogen-bond acceptors (Lipinski definition) is 2. The van der Waals surface area contributed by atoms with Gasteiger partial charge in [0.1, 0.15) is 0 Å². The van der Waals surface area contributed by atoms with Crippen LogP contribution in [0.4, 0.5) is 0 Å². The van der Waals surface area contributed by atoms with Crippen molar-refractivity contribution in [2.75, 3.05) is 19.6 Å². The quantitative estimate of drug-likeness (QED) is 0.884. The van der Waals surface area contributed by atoms with Gasteiger partial charge in [-0.25, -0.2) is 0 Å². The molecule has 1 saturated carbocycles. The molecule has 0 bridgehead atoms. The largest absolute Gasteiger partial charge is 0.314 e. The SMILES string of the molecule is CCCNC1CCC(N2CCC(c3ccccc3)C2)C1. The molecule has 0 amide bonds. The third kappa shape index (κ3) is 3.24. The van der Waals surface area contributed by atoms with E-state index in [4.69, 9.17) is 0 Å². The van der Waals surface area contributed by atoms with E-state index in [9.17, 15) is 0 Å². The zero-order chi connectivity index (χ0) is 13.8. The van der Waals surface area contributed by atoms with Crippen molar-refractivity contribution in [3.63, 3.8) is 0 Å². The average Bonchev–Trinajstić information content (AvgIpc) is 3.15. The highest BCUT2D eigenvalue weighted by atomic mass is 15.2. The first kappa shape index (κ1) is 14.1. The van der Waals surface area contributed by atoms with Gasteiger partial charge in [0.2, 0.25) is 0 Å². The molecule has 1 aromatic carbocycles. The lowest BCUT2D eigenvalue weighted by Gasteiger charge is -2.24. The van der Waals surface area contributed by atoms with Crippen molar-refractivity contribution in [3.05, 3.63) is 35.9 Å². The van der Waals surface area contributed by atoms with E-state index >= 15 is 0 Å². The second-order valence-electron chi connectivity index (χ2n) is 6.51. The molecule has 1 heterocycles. The van der Waals surface area contributed by atoms with Crippen molar-refractivity contribution in [2.45, 2.75) is 57.0 Å². The molecule has 1 saturated heterocycles. The molecule has 2 aliphatic rings. The molecule has 1 aliphatic carbocycles. The predicted molar refractivity (Wildman–Crippen MR) is 85.1 cm³/mol. The van der Waals surface area contributed by atoms with Crippen LogP contribution in [0.2, 0.25) is 0 Å². The Morgan fingerprint density at radius 1 is 1.15 bits per heavy atom. The van der Waals surface area contributed by atoms with Gasteiger partial charge in [0.15, 0.2) is 0 Å². The molecule has 0 aromatic heterocycles. The third-order valence-corrected chi connectivity index (χ3v) is 5.10. The second-order valence-corrected chi connectivity index (χ2v) is 6.51. The van der Waals surface area contributed by atoms with E-state index in [1.807, 2.05) is 0 Å². The lowest BCUT2D eigenvalue weighted by molar-refractivity contribution is 0.239. The third-order valence-electron chi connectivity index (χ3n) is 5.10. The highest BCUT2D eigenvalue weighted by molar-refractivity contribution is 5.21. The molecule has 2 nitrogen and oxygen atoms in total. The fraction of sp³-hybridized carbons (Fsp3) is 0.667. The molecule has 1 N–H and O–H groups in total. The van der Waals surface area contributed by atoms with Gasteiger partial charge in [0.25, 0.3) is 0 Å². The number of nitrogens with one attached hydrogen (secondary N) is 1. The molecule has 0 radical (unpaired) electrons. The fourth-order valence-electron chi connectivity index (χ4n) is 3.94. The van der Waals surface area contributed by atoms with Crippen molar-refractivity contribution >= 4 is 0 Å². The Morgan fingerprint density at radius 2 is 2.00 bits per heavy atom. The molecule has 2 fully saturated rings. The summed E-state index contributed by atoms with van der Waals surface area (Å²) in [5, 5.41) is 3.70. The zero-order valence-corrected chi connectivity index (χ0v) is 12.7. The number of hydrogen-bond donors (Lipinski definition) is 1. The van der Waals surface area contributed by atoms with Gasteiger partial charge < -0.3 is 5.32 Å². The first-order chi connectivity index (χ1) is 9.86. The summed E-state index contributed by atoms with van der Waals surface area (Å²) in [5.41, 5.74) is 1.54. The van der Waals surface area contributed by atoms with Gasteiger partial charge in [-0.3, -0.25) is 4.90 Å². The minimum Gasteiger partial charge on any atom is -0.314 e. The van der Waals surface area contributed by atoms with Crippen LogP contribution in [0.1, 0.15) is 50.5 Å². The van der Waals surface area contributed by atoms with Crippen molar-refractivity contribution in [2.24, 2.45) is 0 Å². The lowest BCUT2D eigenvalue weighted by atomic mass is 9.99. The van der Waals surface area contributed by atoms with Gasteiger partial charge in [0, 0.05) is 18.6 Å². The van der Waals surface area contributed by atoms with E-state index in [-0.39, 0.29) is 0 Å². The van der Waals surface area contributed by atoms with Gasteiger partial charge in [0.05, 0.1) is 0 Å². The minimum atomic E-state index is 0.763. The second kappa shape index (κ2) is 6.73. The average molecular weight is 272 g/mol. The van der Waals surface area contributed by atoms with E-state index in [0.29, 0.717) is 0 Å². The van der Waals surface area contributed by atoms with Crippen LogP contribution < -0.4 is 5.32 Å². The molecule has 20 heavy (non-hydrogen) atoms. The van der Waals surface area contributed by atoms with Crippen LogP contribution in [0.15, 0.2) is 30.3 Å². The number of rotatable bonds is 5. The number of nitrogens with zero attached hydrogens (tertiary/aromatic N) is 1. The van der Waals surface area contributed by atoms with E-state index in [1.165, 1.54) is 57.3 Å². The van der Waals surface area contributed by atoms with E-state index < -0.39 is 0 Å². The van der Waals surface area contributed by atoms with Gasteiger partial charge in [-0.05, 0) is 56.7 Å². The summed E-state index contributed by atoms with van der Waals surface area (Å²) in [6, 6.07) is 12.7. The van der Waals surface area contributed by atoms with Crippen LogP contribution >= 0.6 is 0 Å². The lowest BCUT2D eigenvalue weighted by Crippen LogP contribution is -2.34. The maximum absolute atomic E-state index is 3.70.